The van der Waals surface area contributed by atoms with Gasteiger partial charge in [0.05, 0.1) is 11.2 Å². The molecule has 1 fully saturated rings. The van der Waals surface area contributed by atoms with E-state index in [1.165, 1.54) is 32.6 Å². The molecule has 0 saturated carbocycles. The molecule has 1 aliphatic rings. The van der Waals surface area contributed by atoms with Crippen molar-refractivity contribution >= 4 is 36.4 Å². The third-order valence-corrected chi connectivity index (χ3v) is 8.91. The van der Waals surface area contributed by atoms with Crippen LogP contribution in [-0.2, 0) is 9.31 Å². The summed E-state index contributed by atoms with van der Waals surface area (Å²) in [5.41, 5.74) is 4.22. The van der Waals surface area contributed by atoms with Crippen LogP contribution in [0.1, 0.15) is 44.4 Å². The average molecular weight is 430 g/mol. The fraction of sp³-hybridized carbons (Fsp3) is 0.333. The molecule has 0 amide bonds. The zero-order valence-electron chi connectivity index (χ0n) is 19.7. The van der Waals surface area contributed by atoms with Gasteiger partial charge >= 0.3 is 7.12 Å². The molecule has 1 heterocycles. The van der Waals surface area contributed by atoms with Gasteiger partial charge in [0.15, 0.2) is 0 Å². The molecule has 31 heavy (non-hydrogen) atoms. The van der Waals surface area contributed by atoms with Crippen molar-refractivity contribution in [3.63, 3.8) is 0 Å². The summed E-state index contributed by atoms with van der Waals surface area (Å²) >= 11 is 0. The number of aryl methyl sites for hydroxylation is 3. The molecule has 0 aliphatic carbocycles. The Labute approximate surface area is 188 Å². The zero-order chi connectivity index (χ0) is 22.4. The zero-order valence-corrected chi connectivity index (χ0v) is 20.6. The van der Waals surface area contributed by atoms with E-state index in [9.17, 15) is 0 Å². The molecule has 0 unspecified atom stereocenters. The normalized spacial score (nSPS) is 17.4. The Balaban J connectivity index is 1.91. The maximum atomic E-state index is 6.49. The van der Waals surface area contributed by atoms with E-state index in [-0.39, 0.29) is 18.3 Å². The maximum absolute atomic E-state index is 6.49. The van der Waals surface area contributed by atoms with Gasteiger partial charge in [-0.25, -0.2) is 0 Å². The van der Waals surface area contributed by atoms with Crippen LogP contribution in [0.25, 0.3) is 0 Å². The van der Waals surface area contributed by atoms with Crippen LogP contribution in [0.4, 0.5) is 0 Å². The molecule has 160 valence electrons. The van der Waals surface area contributed by atoms with Gasteiger partial charge in [-0.2, -0.15) is 0 Å². The van der Waals surface area contributed by atoms with Crippen molar-refractivity contribution in [2.45, 2.75) is 59.7 Å². The Kier molecular flexibility index (Phi) is 5.90. The van der Waals surface area contributed by atoms with Crippen molar-refractivity contribution in [3.05, 3.63) is 83.4 Å². The second-order valence-corrected chi connectivity index (χ2v) is 11.8. The van der Waals surface area contributed by atoms with E-state index in [0.717, 1.165) is 5.46 Å². The predicted octanol–water partition coefficient (Wildman–Crippen LogP) is 4.67. The fourth-order valence-electron chi connectivity index (χ4n) is 3.98. The molecule has 2 nitrogen and oxygen atoms in total. The first-order valence-electron chi connectivity index (χ1n) is 11.0. The third-order valence-electron chi connectivity index (χ3n) is 6.45. The van der Waals surface area contributed by atoms with Crippen LogP contribution in [0.15, 0.2) is 66.7 Å². The summed E-state index contributed by atoms with van der Waals surface area (Å²) in [7, 11) is -1.13. The van der Waals surface area contributed by atoms with E-state index in [0.29, 0.717) is 0 Å². The van der Waals surface area contributed by atoms with Crippen LogP contribution in [0.5, 0.6) is 0 Å². The summed E-state index contributed by atoms with van der Waals surface area (Å²) in [5, 5.41) is 4.01. The summed E-state index contributed by atoms with van der Waals surface area (Å²) in [4.78, 5) is 0. The summed E-state index contributed by atoms with van der Waals surface area (Å²) in [6, 6.07) is 24.5. The van der Waals surface area contributed by atoms with Gasteiger partial charge in [0.25, 0.3) is 0 Å². The Morgan fingerprint density at radius 1 is 0.645 bits per heavy atom. The first kappa shape index (κ1) is 22.3. The number of hydrogen-bond donors (Lipinski definition) is 0. The molecule has 0 radical (unpaired) electrons. The lowest BCUT2D eigenvalue weighted by atomic mass is 9.78. The molecule has 4 rings (SSSR count). The molecule has 1 aliphatic heterocycles. The fourth-order valence-corrected chi connectivity index (χ4v) is 6.74. The van der Waals surface area contributed by atoms with Crippen LogP contribution in [0.3, 0.4) is 0 Å². The third kappa shape index (κ3) is 4.37. The van der Waals surface area contributed by atoms with Gasteiger partial charge in [-0.1, -0.05) is 83.4 Å². The quantitative estimate of drug-likeness (QED) is 0.443. The number of benzene rings is 3. The summed E-state index contributed by atoms with van der Waals surface area (Å²) in [6.07, 6.45) is 0. The van der Waals surface area contributed by atoms with Crippen LogP contribution in [0.2, 0.25) is 0 Å². The van der Waals surface area contributed by atoms with Crippen molar-refractivity contribution in [2.75, 3.05) is 0 Å². The van der Waals surface area contributed by atoms with Gasteiger partial charge in [0, 0.05) is 0 Å². The average Bonchev–Trinajstić information content (AvgIpc) is 2.89. The van der Waals surface area contributed by atoms with E-state index in [4.69, 9.17) is 9.31 Å². The van der Waals surface area contributed by atoms with Crippen molar-refractivity contribution in [1.29, 1.82) is 0 Å². The minimum Gasteiger partial charge on any atom is -0.399 e. The minimum atomic E-state index is -0.753. The lowest BCUT2D eigenvalue weighted by molar-refractivity contribution is 0.00578. The highest BCUT2D eigenvalue weighted by molar-refractivity contribution is 7.80. The van der Waals surface area contributed by atoms with Crippen LogP contribution < -0.4 is 21.4 Å². The second-order valence-electron chi connectivity index (χ2n) is 9.66. The summed E-state index contributed by atoms with van der Waals surface area (Å²) in [6.45, 7) is 15.0. The number of rotatable bonds is 4. The van der Waals surface area contributed by atoms with Crippen molar-refractivity contribution in [3.8, 4) is 0 Å². The number of hydrogen-bond acceptors (Lipinski definition) is 2. The van der Waals surface area contributed by atoms with E-state index in [1.807, 2.05) is 0 Å². The highest BCUT2D eigenvalue weighted by Crippen LogP contribution is 2.38. The summed E-state index contributed by atoms with van der Waals surface area (Å²) < 4.78 is 13.0. The first-order chi connectivity index (χ1) is 14.6. The molecule has 0 spiro atoms. The van der Waals surface area contributed by atoms with Gasteiger partial charge in [-0.3, -0.25) is 0 Å². The maximum Gasteiger partial charge on any atom is 0.495 e. The summed E-state index contributed by atoms with van der Waals surface area (Å²) in [5.74, 6) is 0. The Morgan fingerprint density at radius 2 is 1.13 bits per heavy atom. The van der Waals surface area contributed by atoms with Crippen molar-refractivity contribution in [1.82, 2.24) is 0 Å². The molecule has 4 heteroatoms. The molecule has 0 aromatic heterocycles. The lowest BCUT2D eigenvalue weighted by Gasteiger charge is -2.32. The second kappa shape index (κ2) is 8.21. The monoisotopic (exact) mass is 430 g/mol. The van der Waals surface area contributed by atoms with Gasteiger partial charge in [0.2, 0.25) is 0 Å². The minimum absolute atomic E-state index is 0.366. The highest BCUT2D eigenvalue weighted by Gasteiger charge is 2.52. The first-order valence-corrected chi connectivity index (χ1v) is 12.3. The molecule has 0 N–H and O–H groups in total. The Bertz CT molecular complexity index is 1040. The van der Waals surface area contributed by atoms with Crippen LogP contribution in [-0.4, -0.2) is 18.3 Å². The smallest absolute Gasteiger partial charge is 0.399 e. The molecule has 3 aromatic carbocycles. The SMILES string of the molecule is Cc1cccc(P(c2cccc(C)c2)c2cc(C)ccc2B2OC(C)(C)C(C)(C)O2)c1. The van der Waals surface area contributed by atoms with Crippen LogP contribution >= 0.6 is 7.92 Å². The predicted molar refractivity (Wildman–Crippen MR) is 135 cm³/mol. The van der Waals surface area contributed by atoms with Crippen molar-refractivity contribution in [2.24, 2.45) is 0 Å². The topological polar surface area (TPSA) is 18.5 Å². The molecule has 0 bridgehead atoms. The van der Waals surface area contributed by atoms with Crippen molar-refractivity contribution < 1.29 is 9.31 Å². The Morgan fingerprint density at radius 3 is 1.61 bits per heavy atom. The molecular weight excluding hydrogens is 398 g/mol. The van der Waals surface area contributed by atoms with E-state index >= 15 is 0 Å². The largest absolute Gasteiger partial charge is 0.495 e. The molecular formula is C27H32BO2P. The molecule has 3 aromatic rings. The van der Waals surface area contributed by atoms with Gasteiger partial charge < -0.3 is 9.31 Å². The molecule has 1 saturated heterocycles. The Hall–Kier alpha value is -1.93. The van der Waals surface area contributed by atoms with E-state index in [2.05, 4.69) is 115 Å². The highest BCUT2D eigenvalue weighted by atomic mass is 31.1. The molecule has 0 atom stereocenters. The van der Waals surface area contributed by atoms with E-state index in [1.54, 1.807) is 0 Å². The van der Waals surface area contributed by atoms with Crippen LogP contribution in [0, 0.1) is 20.8 Å². The van der Waals surface area contributed by atoms with Gasteiger partial charge in [-0.15, -0.1) is 0 Å². The standard InChI is InChI=1S/C27H32BO2P/c1-19-10-8-12-22(16-19)31(23-13-9-11-20(2)17-23)25-18-21(3)14-15-24(25)28-29-26(4,5)27(6,7)30-28/h8-18H,1-7H3. The van der Waals surface area contributed by atoms with Gasteiger partial charge in [0.1, 0.15) is 0 Å². The van der Waals surface area contributed by atoms with E-state index < -0.39 is 7.92 Å². The van der Waals surface area contributed by atoms with Gasteiger partial charge in [-0.05, 0) is 77.8 Å². The lowest BCUT2D eigenvalue weighted by Crippen LogP contribution is -2.44.